The monoisotopic (exact) mass is 250 g/mol. The van der Waals surface area contributed by atoms with Crippen molar-refractivity contribution in [2.24, 2.45) is 0 Å². The summed E-state index contributed by atoms with van der Waals surface area (Å²) in [6.45, 7) is 6.65. The highest BCUT2D eigenvalue weighted by atomic mass is 19.1. The highest BCUT2D eigenvalue weighted by Gasteiger charge is 2.21. The molecule has 0 aliphatic heterocycles. The van der Waals surface area contributed by atoms with Crippen LogP contribution < -0.4 is 10.1 Å². The number of nitrogens with zero attached hydrogens (tertiary/aromatic N) is 1. The van der Waals surface area contributed by atoms with Gasteiger partial charge in [0.2, 0.25) is 0 Å². The molecular weight excluding hydrogens is 231 g/mol. The summed E-state index contributed by atoms with van der Waals surface area (Å²) in [6.07, 6.45) is 0.577. The van der Waals surface area contributed by atoms with Gasteiger partial charge in [-0.2, -0.15) is 5.26 Å². The zero-order valence-electron chi connectivity index (χ0n) is 11.1. The van der Waals surface area contributed by atoms with Crippen LogP contribution in [0.3, 0.4) is 0 Å². The van der Waals surface area contributed by atoms with Crippen LogP contribution in [0.15, 0.2) is 18.2 Å². The van der Waals surface area contributed by atoms with Crippen LogP contribution in [0.5, 0.6) is 5.75 Å². The van der Waals surface area contributed by atoms with E-state index in [4.69, 9.17) is 10.00 Å². The molecule has 98 valence electrons. The summed E-state index contributed by atoms with van der Waals surface area (Å²) in [5, 5.41) is 12.2. The van der Waals surface area contributed by atoms with Gasteiger partial charge in [-0.05, 0) is 44.2 Å². The van der Waals surface area contributed by atoms with E-state index in [0.29, 0.717) is 24.3 Å². The van der Waals surface area contributed by atoms with Crippen molar-refractivity contribution in [2.75, 3.05) is 13.2 Å². The molecule has 0 aliphatic rings. The molecule has 1 aromatic rings. The Morgan fingerprint density at radius 2 is 2.22 bits per heavy atom. The lowest BCUT2D eigenvalue weighted by atomic mass is 10.0. The second-order valence-electron chi connectivity index (χ2n) is 4.48. The highest BCUT2D eigenvalue weighted by molar-refractivity contribution is 5.28. The minimum atomic E-state index is -0.580. The SMILES string of the molecule is CCNC(C)(C#N)CCOc1ccc(F)c(C)c1. The molecule has 0 aliphatic carbocycles. The van der Waals surface area contributed by atoms with E-state index in [0.717, 1.165) is 6.54 Å². The number of hydrogen-bond acceptors (Lipinski definition) is 3. The third-order valence-electron chi connectivity index (χ3n) is 2.81. The lowest BCUT2D eigenvalue weighted by Crippen LogP contribution is -2.42. The van der Waals surface area contributed by atoms with Crippen LogP contribution in [0.1, 0.15) is 25.8 Å². The number of rotatable bonds is 6. The van der Waals surface area contributed by atoms with Crippen molar-refractivity contribution in [3.05, 3.63) is 29.6 Å². The van der Waals surface area contributed by atoms with Crippen LogP contribution in [0.2, 0.25) is 0 Å². The van der Waals surface area contributed by atoms with E-state index in [-0.39, 0.29) is 5.82 Å². The molecule has 1 atom stereocenters. The zero-order chi connectivity index (χ0) is 13.6. The first kappa shape index (κ1) is 14.5. The van der Waals surface area contributed by atoms with Gasteiger partial charge in [-0.25, -0.2) is 4.39 Å². The average Bonchev–Trinajstić information content (AvgIpc) is 2.34. The average molecular weight is 250 g/mol. The predicted octanol–water partition coefficient (Wildman–Crippen LogP) is 2.79. The number of aryl methyl sites for hydroxylation is 1. The van der Waals surface area contributed by atoms with Crippen molar-refractivity contribution in [3.63, 3.8) is 0 Å². The fraction of sp³-hybridized carbons (Fsp3) is 0.500. The van der Waals surface area contributed by atoms with E-state index in [9.17, 15) is 4.39 Å². The molecule has 3 nitrogen and oxygen atoms in total. The van der Waals surface area contributed by atoms with E-state index in [2.05, 4.69) is 11.4 Å². The molecule has 0 bridgehead atoms. The standard InChI is InChI=1S/C14H19FN2O/c1-4-17-14(3,10-16)7-8-18-12-5-6-13(15)11(2)9-12/h5-6,9,17H,4,7-8H2,1-3H3. The summed E-state index contributed by atoms with van der Waals surface area (Å²) >= 11 is 0. The number of halogens is 1. The first-order valence-corrected chi connectivity index (χ1v) is 6.06. The Hall–Kier alpha value is -1.60. The molecule has 0 saturated heterocycles. The number of benzene rings is 1. The maximum atomic E-state index is 13.1. The van der Waals surface area contributed by atoms with E-state index in [1.807, 2.05) is 13.8 Å². The van der Waals surface area contributed by atoms with Gasteiger partial charge < -0.3 is 4.74 Å². The van der Waals surface area contributed by atoms with E-state index in [1.165, 1.54) is 6.07 Å². The Labute approximate surface area is 108 Å². The largest absolute Gasteiger partial charge is 0.493 e. The number of ether oxygens (including phenoxy) is 1. The van der Waals surface area contributed by atoms with Gasteiger partial charge in [0.25, 0.3) is 0 Å². The molecule has 0 saturated carbocycles. The Kier molecular flexibility index (Phi) is 5.11. The Balaban J connectivity index is 2.51. The van der Waals surface area contributed by atoms with Crippen LogP contribution in [0, 0.1) is 24.1 Å². The smallest absolute Gasteiger partial charge is 0.126 e. The predicted molar refractivity (Wildman–Crippen MR) is 68.9 cm³/mol. The van der Waals surface area contributed by atoms with Crippen LogP contribution in [0.25, 0.3) is 0 Å². The molecule has 1 unspecified atom stereocenters. The minimum absolute atomic E-state index is 0.239. The summed E-state index contributed by atoms with van der Waals surface area (Å²) in [5.74, 6) is 0.391. The number of hydrogen-bond donors (Lipinski definition) is 1. The third-order valence-corrected chi connectivity index (χ3v) is 2.81. The topological polar surface area (TPSA) is 45.0 Å². The maximum Gasteiger partial charge on any atom is 0.126 e. The van der Waals surface area contributed by atoms with Gasteiger partial charge in [0, 0.05) is 6.42 Å². The van der Waals surface area contributed by atoms with Crippen LogP contribution in [0.4, 0.5) is 4.39 Å². The molecule has 1 aromatic carbocycles. The third kappa shape index (κ3) is 4.01. The highest BCUT2D eigenvalue weighted by Crippen LogP contribution is 2.17. The van der Waals surface area contributed by atoms with Crippen molar-refractivity contribution in [3.8, 4) is 11.8 Å². The fourth-order valence-corrected chi connectivity index (χ4v) is 1.65. The summed E-state index contributed by atoms with van der Waals surface area (Å²) < 4.78 is 18.6. The Morgan fingerprint density at radius 3 is 2.78 bits per heavy atom. The number of nitrogens with one attached hydrogen (secondary N) is 1. The van der Waals surface area contributed by atoms with E-state index < -0.39 is 5.54 Å². The van der Waals surface area contributed by atoms with Gasteiger partial charge in [0.15, 0.2) is 0 Å². The molecule has 0 fully saturated rings. The van der Waals surface area contributed by atoms with Gasteiger partial charge >= 0.3 is 0 Å². The van der Waals surface area contributed by atoms with Crippen LogP contribution in [-0.2, 0) is 0 Å². The molecular formula is C14H19FN2O. The van der Waals surface area contributed by atoms with E-state index in [1.54, 1.807) is 19.1 Å². The van der Waals surface area contributed by atoms with Crippen molar-refractivity contribution < 1.29 is 9.13 Å². The van der Waals surface area contributed by atoms with Gasteiger partial charge in [-0.3, -0.25) is 5.32 Å². The van der Waals surface area contributed by atoms with Gasteiger partial charge in [-0.1, -0.05) is 6.92 Å². The fourth-order valence-electron chi connectivity index (χ4n) is 1.65. The van der Waals surface area contributed by atoms with Crippen molar-refractivity contribution >= 4 is 0 Å². The zero-order valence-corrected chi connectivity index (χ0v) is 11.1. The van der Waals surface area contributed by atoms with Gasteiger partial charge in [-0.15, -0.1) is 0 Å². The number of nitriles is 1. The second-order valence-corrected chi connectivity index (χ2v) is 4.48. The van der Waals surface area contributed by atoms with Crippen LogP contribution >= 0.6 is 0 Å². The molecule has 0 amide bonds. The summed E-state index contributed by atoms with van der Waals surface area (Å²) in [5.41, 5.74) is -0.0219. The van der Waals surface area contributed by atoms with Crippen molar-refractivity contribution in [1.29, 1.82) is 5.26 Å². The first-order chi connectivity index (χ1) is 8.50. The molecule has 4 heteroatoms. The molecule has 0 spiro atoms. The molecule has 1 rings (SSSR count). The molecule has 0 aromatic heterocycles. The lowest BCUT2D eigenvalue weighted by molar-refractivity contribution is 0.268. The first-order valence-electron chi connectivity index (χ1n) is 6.06. The summed E-state index contributed by atoms with van der Waals surface area (Å²) in [4.78, 5) is 0. The van der Waals surface area contributed by atoms with Gasteiger partial charge in [0.1, 0.15) is 17.1 Å². The van der Waals surface area contributed by atoms with Crippen molar-refractivity contribution in [2.45, 2.75) is 32.7 Å². The quantitative estimate of drug-likeness (QED) is 0.844. The Morgan fingerprint density at radius 1 is 1.50 bits per heavy atom. The molecule has 1 N–H and O–H groups in total. The normalized spacial score (nSPS) is 13.7. The van der Waals surface area contributed by atoms with Gasteiger partial charge in [0.05, 0.1) is 12.7 Å². The maximum absolute atomic E-state index is 13.1. The minimum Gasteiger partial charge on any atom is -0.493 e. The van der Waals surface area contributed by atoms with E-state index >= 15 is 0 Å². The lowest BCUT2D eigenvalue weighted by Gasteiger charge is -2.22. The van der Waals surface area contributed by atoms with Crippen LogP contribution in [-0.4, -0.2) is 18.7 Å². The Bertz CT molecular complexity index is 442. The molecule has 0 heterocycles. The molecule has 18 heavy (non-hydrogen) atoms. The van der Waals surface area contributed by atoms with Crippen molar-refractivity contribution in [1.82, 2.24) is 5.32 Å². The molecule has 0 radical (unpaired) electrons. The summed E-state index contributed by atoms with van der Waals surface area (Å²) in [6, 6.07) is 6.88. The second kappa shape index (κ2) is 6.36. The summed E-state index contributed by atoms with van der Waals surface area (Å²) in [7, 11) is 0.